The Morgan fingerprint density at radius 1 is 1.13 bits per heavy atom. The van der Waals surface area contributed by atoms with Gasteiger partial charge in [0.25, 0.3) is 0 Å². The third kappa shape index (κ3) is 3.94. The van der Waals surface area contributed by atoms with Gasteiger partial charge in [-0.25, -0.2) is 0 Å². The molecule has 1 heteroatoms. The number of benzene rings is 1. The van der Waals surface area contributed by atoms with E-state index in [0.717, 1.165) is 12.2 Å². The molecule has 0 aliphatic rings. The highest BCUT2D eigenvalue weighted by atomic mass is 16.5. The van der Waals surface area contributed by atoms with Gasteiger partial charge >= 0.3 is 0 Å². The van der Waals surface area contributed by atoms with Gasteiger partial charge in [-0.15, -0.1) is 0 Å². The average Bonchev–Trinajstić information content (AvgIpc) is 2.27. The minimum Gasteiger partial charge on any atom is -0.497 e. The van der Waals surface area contributed by atoms with Crippen LogP contribution in [-0.4, -0.2) is 7.11 Å². The predicted octanol–water partition coefficient (Wildman–Crippen LogP) is 4.06. The Bertz CT molecular complexity index is 285. The van der Waals surface area contributed by atoms with E-state index in [4.69, 9.17) is 4.74 Å². The second-order valence-corrected chi connectivity index (χ2v) is 4.87. The third-order valence-electron chi connectivity index (χ3n) is 3.21. The highest BCUT2D eigenvalue weighted by molar-refractivity contribution is 5.27. The fourth-order valence-corrected chi connectivity index (χ4v) is 1.45. The molecule has 1 aromatic rings. The van der Waals surface area contributed by atoms with Crippen molar-refractivity contribution in [1.29, 1.82) is 0 Å². The number of ether oxygens (including phenoxy) is 1. The zero-order chi connectivity index (χ0) is 11.3. The van der Waals surface area contributed by atoms with Crippen molar-refractivity contribution in [3.8, 4) is 5.75 Å². The molecule has 15 heavy (non-hydrogen) atoms. The highest BCUT2D eigenvalue weighted by Gasteiger charge is 2.14. The topological polar surface area (TPSA) is 9.23 Å². The molecule has 0 amide bonds. The van der Waals surface area contributed by atoms with Crippen LogP contribution in [0.3, 0.4) is 0 Å². The molecule has 0 fully saturated rings. The van der Waals surface area contributed by atoms with Crippen LogP contribution in [0.2, 0.25) is 0 Å². The van der Waals surface area contributed by atoms with Crippen molar-refractivity contribution < 1.29 is 4.74 Å². The van der Waals surface area contributed by atoms with E-state index in [0.29, 0.717) is 5.41 Å². The molecule has 0 aromatic heterocycles. The minimum absolute atomic E-state index is 0.458. The molecule has 0 saturated heterocycles. The van der Waals surface area contributed by atoms with E-state index < -0.39 is 0 Å². The Balaban J connectivity index is 2.51. The van der Waals surface area contributed by atoms with E-state index in [1.54, 1.807) is 7.11 Å². The molecule has 0 spiro atoms. The van der Waals surface area contributed by atoms with E-state index >= 15 is 0 Å². The van der Waals surface area contributed by atoms with Crippen LogP contribution in [0.5, 0.6) is 5.75 Å². The molecular formula is C14H22O. The van der Waals surface area contributed by atoms with Crippen molar-refractivity contribution in [3.05, 3.63) is 29.8 Å². The summed E-state index contributed by atoms with van der Waals surface area (Å²) in [5.74, 6) is 0.938. The summed E-state index contributed by atoms with van der Waals surface area (Å²) in [5.41, 5.74) is 1.86. The van der Waals surface area contributed by atoms with Crippen LogP contribution in [0.25, 0.3) is 0 Å². The third-order valence-corrected chi connectivity index (χ3v) is 3.21. The zero-order valence-electron chi connectivity index (χ0n) is 10.3. The summed E-state index contributed by atoms with van der Waals surface area (Å²) < 4.78 is 5.14. The molecule has 0 saturated carbocycles. The normalized spacial score (nSPS) is 11.5. The number of hydrogen-bond donors (Lipinski definition) is 0. The van der Waals surface area contributed by atoms with Crippen LogP contribution in [-0.2, 0) is 6.42 Å². The number of aryl methyl sites for hydroxylation is 1. The molecule has 0 aliphatic heterocycles. The molecule has 0 aliphatic carbocycles. The fraction of sp³-hybridized carbons (Fsp3) is 0.571. The maximum atomic E-state index is 5.14. The summed E-state index contributed by atoms with van der Waals surface area (Å²) in [5, 5.41) is 0. The van der Waals surface area contributed by atoms with Gasteiger partial charge in [0, 0.05) is 0 Å². The van der Waals surface area contributed by atoms with Gasteiger partial charge in [0.15, 0.2) is 0 Å². The number of rotatable bonds is 5. The lowest BCUT2D eigenvalue weighted by molar-refractivity contribution is 0.322. The van der Waals surface area contributed by atoms with Gasteiger partial charge in [-0.2, -0.15) is 0 Å². The van der Waals surface area contributed by atoms with Crippen LogP contribution in [0, 0.1) is 5.41 Å². The molecule has 1 aromatic carbocycles. The molecule has 0 radical (unpaired) electrons. The Morgan fingerprint density at radius 2 is 1.73 bits per heavy atom. The van der Waals surface area contributed by atoms with Gasteiger partial charge in [0.1, 0.15) is 5.75 Å². The van der Waals surface area contributed by atoms with Crippen LogP contribution < -0.4 is 4.74 Å². The lowest BCUT2D eigenvalue weighted by atomic mass is 9.84. The predicted molar refractivity (Wildman–Crippen MR) is 65.4 cm³/mol. The van der Waals surface area contributed by atoms with Gasteiger partial charge in [-0.05, 0) is 36.0 Å². The molecule has 0 unspecified atom stereocenters. The minimum atomic E-state index is 0.458. The van der Waals surface area contributed by atoms with Gasteiger partial charge < -0.3 is 4.74 Å². The lowest BCUT2D eigenvalue weighted by Gasteiger charge is -2.22. The smallest absolute Gasteiger partial charge is 0.118 e. The first-order valence-electron chi connectivity index (χ1n) is 5.70. The van der Waals surface area contributed by atoms with E-state index in [2.05, 4.69) is 32.9 Å². The van der Waals surface area contributed by atoms with Gasteiger partial charge in [0.2, 0.25) is 0 Å². The van der Waals surface area contributed by atoms with Crippen LogP contribution in [0.1, 0.15) is 39.2 Å². The standard InChI is InChI=1S/C14H22O/c1-5-14(2,3)11-10-12-6-8-13(15-4)9-7-12/h6-9H,5,10-11H2,1-4H3. The van der Waals surface area contributed by atoms with Crippen molar-refractivity contribution in [1.82, 2.24) is 0 Å². The maximum Gasteiger partial charge on any atom is 0.118 e. The van der Waals surface area contributed by atoms with Crippen molar-refractivity contribution in [2.45, 2.75) is 40.0 Å². The number of methoxy groups -OCH3 is 1. The first kappa shape index (κ1) is 12.1. The Kier molecular flexibility index (Phi) is 4.19. The van der Waals surface area contributed by atoms with Gasteiger partial charge in [0.05, 0.1) is 7.11 Å². The molecule has 1 rings (SSSR count). The number of hydrogen-bond acceptors (Lipinski definition) is 1. The largest absolute Gasteiger partial charge is 0.497 e. The van der Waals surface area contributed by atoms with Crippen LogP contribution >= 0.6 is 0 Å². The van der Waals surface area contributed by atoms with E-state index in [1.165, 1.54) is 18.4 Å². The Morgan fingerprint density at radius 3 is 2.20 bits per heavy atom. The molecule has 0 heterocycles. The molecule has 84 valence electrons. The summed E-state index contributed by atoms with van der Waals surface area (Å²) in [6.45, 7) is 6.92. The summed E-state index contributed by atoms with van der Waals surface area (Å²) in [7, 11) is 1.70. The van der Waals surface area contributed by atoms with E-state index in [-0.39, 0.29) is 0 Å². The van der Waals surface area contributed by atoms with Crippen molar-refractivity contribution in [2.24, 2.45) is 5.41 Å². The maximum absolute atomic E-state index is 5.14. The second-order valence-electron chi connectivity index (χ2n) is 4.87. The average molecular weight is 206 g/mol. The van der Waals surface area contributed by atoms with Crippen molar-refractivity contribution in [2.75, 3.05) is 7.11 Å². The highest BCUT2D eigenvalue weighted by Crippen LogP contribution is 2.26. The fourth-order valence-electron chi connectivity index (χ4n) is 1.45. The van der Waals surface area contributed by atoms with Crippen molar-refractivity contribution in [3.63, 3.8) is 0 Å². The molecule has 0 N–H and O–H groups in total. The summed E-state index contributed by atoms with van der Waals surface area (Å²) in [4.78, 5) is 0. The first-order valence-corrected chi connectivity index (χ1v) is 5.70. The van der Waals surface area contributed by atoms with Crippen LogP contribution in [0.4, 0.5) is 0 Å². The Labute approximate surface area is 93.5 Å². The van der Waals surface area contributed by atoms with Crippen LogP contribution in [0.15, 0.2) is 24.3 Å². The summed E-state index contributed by atoms with van der Waals surface area (Å²) in [6, 6.07) is 8.39. The van der Waals surface area contributed by atoms with Gasteiger partial charge in [-0.3, -0.25) is 0 Å². The Hall–Kier alpha value is -0.980. The summed E-state index contributed by atoms with van der Waals surface area (Å²) >= 11 is 0. The van der Waals surface area contributed by atoms with Gasteiger partial charge in [-0.1, -0.05) is 39.3 Å². The summed E-state index contributed by atoms with van der Waals surface area (Å²) in [6.07, 6.45) is 3.64. The quantitative estimate of drug-likeness (QED) is 0.705. The monoisotopic (exact) mass is 206 g/mol. The molecular weight excluding hydrogens is 184 g/mol. The molecule has 1 nitrogen and oxygen atoms in total. The molecule has 0 bridgehead atoms. The lowest BCUT2D eigenvalue weighted by Crippen LogP contribution is -2.10. The molecule has 0 atom stereocenters. The SMILES string of the molecule is CCC(C)(C)CCc1ccc(OC)cc1. The zero-order valence-corrected chi connectivity index (χ0v) is 10.3. The van der Waals surface area contributed by atoms with E-state index in [9.17, 15) is 0 Å². The van der Waals surface area contributed by atoms with Crippen molar-refractivity contribution >= 4 is 0 Å². The first-order chi connectivity index (χ1) is 7.07. The van der Waals surface area contributed by atoms with E-state index in [1.807, 2.05) is 12.1 Å². The second kappa shape index (κ2) is 5.20.